The Morgan fingerprint density at radius 3 is 3.15 bits per heavy atom. The highest BCUT2D eigenvalue weighted by atomic mass is 32.1. The van der Waals surface area contributed by atoms with Crippen molar-refractivity contribution in [3.63, 3.8) is 0 Å². The third-order valence-corrected chi connectivity index (χ3v) is 1.49. The second kappa shape index (κ2) is 3.97. The smallest absolute Gasteiger partial charge is 0.313 e. The van der Waals surface area contributed by atoms with Crippen molar-refractivity contribution in [1.29, 1.82) is 0 Å². The largest absolute Gasteiger partial charge is 0.406 e. The fourth-order valence-electron chi connectivity index (χ4n) is 0.662. The SMILES string of the molecule is Cn1ccnc(OC(=S)NN)c1=O. The summed E-state index contributed by atoms with van der Waals surface area (Å²) in [6.07, 6.45) is 2.93. The van der Waals surface area contributed by atoms with Crippen LogP contribution in [0.15, 0.2) is 17.2 Å². The molecule has 0 unspecified atom stereocenters. The topological polar surface area (TPSA) is 82.2 Å². The molecule has 1 heterocycles. The van der Waals surface area contributed by atoms with Crippen molar-refractivity contribution < 1.29 is 4.74 Å². The molecule has 0 aliphatic carbocycles. The minimum absolute atomic E-state index is 0.101. The molecule has 0 fully saturated rings. The summed E-state index contributed by atoms with van der Waals surface area (Å²) >= 11 is 4.59. The summed E-state index contributed by atoms with van der Waals surface area (Å²) in [6.45, 7) is 0. The van der Waals surface area contributed by atoms with Crippen LogP contribution in [0.4, 0.5) is 0 Å². The molecule has 0 amide bonds. The van der Waals surface area contributed by atoms with Crippen LogP contribution in [0.2, 0.25) is 0 Å². The van der Waals surface area contributed by atoms with Gasteiger partial charge in [-0.05, 0) is 12.2 Å². The van der Waals surface area contributed by atoms with E-state index in [2.05, 4.69) is 22.6 Å². The van der Waals surface area contributed by atoms with E-state index in [0.717, 1.165) is 0 Å². The van der Waals surface area contributed by atoms with Gasteiger partial charge in [-0.1, -0.05) is 0 Å². The summed E-state index contributed by atoms with van der Waals surface area (Å²) in [5.74, 6) is 4.85. The van der Waals surface area contributed by atoms with Gasteiger partial charge in [0.2, 0.25) is 0 Å². The van der Waals surface area contributed by atoms with Gasteiger partial charge in [0.25, 0.3) is 11.1 Å². The summed E-state index contributed by atoms with van der Waals surface area (Å²) in [6, 6.07) is 0. The van der Waals surface area contributed by atoms with Crippen molar-refractivity contribution in [3.05, 3.63) is 22.7 Å². The number of rotatable bonds is 1. The van der Waals surface area contributed by atoms with Crippen LogP contribution in [0.1, 0.15) is 0 Å². The van der Waals surface area contributed by atoms with Gasteiger partial charge < -0.3 is 9.30 Å². The number of hydrazine groups is 1. The van der Waals surface area contributed by atoms with Crippen LogP contribution in [0.5, 0.6) is 5.88 Å². The van der Waals surface area contributed by atoms with Crippen LogP contribution in [-0.4, -0.2) is 14.7 Å². The highest BCUT2D eigenvalue weighted by Crippen LogP contribution is 1.94. The molecule has 0 radical (unpaired) electrons. The Labute approximate surface area is 79.3 Å². The molecule has 0 saturated heterocycles. The lowest BCUT2D eigenvalue weighted by Crippen LogP contribution is -2.34. The van der Waals surface area contributed by atoms with Crippen LogP contribution in [0.3, 0.4) is 0 Å². The lowest BCUT2D eigenvalue weighted by atomic mass is 10.6. The van der Waals surface area contributed by atoms with E-state index in [1.807, 2.05) is 0 Å². The lowest BCUT2D eigenvalue weighted by molar-refractivity contribution is 0.497. The van der Waals surface area contributed by atoms with Crippen LogP contribution in [0.25, 0.3) is 0 Å². The number of thiocarbonyl (C=S) groups is 1. The van der Waals surface area contributed by atoms with E-state index in [1.54, 1.807) is 7.05 Å². The fourth-order valence-corrected chi connectivity index (χ4v) is 0.741. The Hall–Kier alpha value is -1.47. The predicted octanol–water partition coefficient (Wildman–Crippen LogP) is -1.09. The number of ether oxygens (including phenoxy) is 1. The molecule has 1 aromatic rings. The van der Waals surface area contributed by atoms with Crippen molar-refractivity contribution in [3.8, 4) is 5.88 Å². The van der Waals surface area contributed by atoms with Crippen molar-refractivity contribution in [2.24, 2.45) is 12.9 Å². The van der Waals surface area contributed by atoms with E-state index in [0.29, 0.717) is 0 Å². The standard InChI is InChI=1S/C6H8N4O2S/c1-10-3-2-8-4(5(10)11)12-6(13)9-7/h2-3H,7H2,1H3,(H,9,13). The van der Waals surface area contributed by atoms with Gasteiger partial charge in [-0.3, -0.25) is 10.2 Å². The van der Waals surface area contributed by atoms with Gasteiger partial charge in [-0.2, -0.15) is 0 Å². The molecule has 3 N–H and O–H groups in total. The van der Waals surface area contributed by atoms with Crippen molar-refractivity contribution in [2.45, 2.75) is 0 Å². The normalized spacial score (nSPS) is 9.38. The highest BCUT2D eigenvalue weighted by Gasteiger charge is 2.05. The first-order valence-corrected chi connectivity index (χ1v) is 3.76. The first-order valence-electron chi connectivity index (χ1n) is 3.35. The van der Waals surface area contributed by atoms with E-state index in [-0.39, 0.29) is 16.6 Å². The van der Waals surface area contributed by atoms with E-state index in [1.165, 1.54) is 17.0 Å². The Bertz CT molecular complexity index is 375. The Morgan fingerprint density at radius 2 is 2.54 bits per heavy atom. The van der Waals surface area contributed by atoms with Crippen molar-refractivity contribution in [1.82, 2.24) is 15.0 Å². The maximum absolute atomic E-state index is 11.3. The zero-order chi connectivity index (χ0) is 9.84. The minimum atomic E-state index is -0.375. The molecule has 6 nitrogen and oxygen atoms in total. The van der Waals surface area contributed by atoms with Gasteiger partial charge in [0.05, 0.1) is 0 Å². The summed E-state index contributed by atoms with van der Waals surface area (Å²) in [5, 5.41) is -0.101. The number of hydrogen-bond acceptors (Lipinski definition) is 5. The molecule has 13 heavy (non-hydrogen) atoms. The van der Waals surface area contributed by atoms with Crippen LogP contribution in [0, 0.1) is 0 Å². The van der Waals surface area contributed by atoms with Gasteiger partial charge in [-0.15, -0.1) is 0 Å². The minimum Gasteiger partial charge on any atom is -0.406 e. The molecule has 0 spiro atoms. The molecule has 1 rings (SSSR count). The summed E-state index contributed by atoms with van der Waals surface area (Å²) in [5.41, 5.74) is 1.71. The summed E-state index contributed by atoms with van der Waals surface area (Å²) in [7, 11) is 1.58. The van der Waals surface area contributed by atoms with Crippen LogP contribution < -0.4 is 21.6 Å². The first kappa shape index (κ1) is 9.62. The molecule has 0 aliphatic rings. The second-order valence-corrected chi connectivity index (χ2v) is 2.55. The van der Waals surface area contributed by atoms with E-state index in [9.17, 15) is 4.79 Å². The number of hydrogen-bond donors (Lipinski definition) is 2. The molecule has 0 aromatic carbocycles. The third-order valence-electron chi connectivity index (χ3n) is 1.29. The van der Waals surface area contributed by atoms with Crippen molar-refractivity contribution in [2.75, 3.05) is 0 Å². The molecule has 0 bridgehead atoms. The monoisotopic (exact) mass is 200 g/mol. The Morgan fingerprint density at radius 1 is 1.85 bits per heavy atom. The molecule has 0 atom stereocenters. The molecule has 7 heteroatoms. The van der Waals surface area contributed by atoms with Crippen molar-refractivity contribution >= 4 is 17.4 Å². The summed E-state index contributed by atoms with van der Waals surface area (Å²) < 4.78 is 6.15. The quantitative estimate of drug-likeness (QED) is 0.340. The zero-order valence-electron chi connectivity index (χ0n) is 6.85. The van der Waals surface area contributed by atoms with Gasteiger partial charge in [0.1, 0.15) is 0 Å². The molecule has 0 saturated carbocycles. The second-order valence-electron chi connectivity index (χ2n) is 2.18. The first-order chi connectivity index (χ1) is 6.15. The third kappa shape index (κ3) is 2.23. The highest BCUT2D eigenvalue weighted by molar-refractivity contribution is 7.80. The maximum atomic E-state index is 11.3. The Balaban J connectivity index is 2.96. The van der Waals surface area contributed by atoms with Gasteiger partial charge in [0.15, 0.2) is 0 Å². The average Bonchev–Trinajstić information content (AvgIpc) is 2.13. The number of nitrogens with zero attached hydrogens (tertiary/aromatic N) is 2. The van der Waals surface area contributed by atoms with Gasteiger partial charge in [0, 0.05) is 19.4 Å². The lowest BCUT2D eigenvalue weighted by Gasteiger charge is -2.04. The Kier molecular flexibility index (Phi) is 2.93. The predicted molar refractivity (Wildman–Crippen MR) is 50.0 cm³/mol. The molecule has 1 aromatic heterocycles. The average molecular weight is 200 g/mol. The number of nitrogens with one attached hydrogen (secondary N) is 1. The van der Waals surface area contributed by atoms with E-state index in [4.69, 9.17) is 10.6 Å². The summed E-state index contributed by atoms with van der Waals surface area (Å²) in [4.78, 5) is 15.0. The zero-order valence-corrected chi connectivity index (χ0v) is 7.67. The molecular weight excluding hydrogens is 192 g/mol. The molecule has 0 aliphatic heterocycles. The maximum Gasteiger partial charge on any atom is 0.313 e. The van der Waals surface area contributed by atoms with Gasteiger partial charge >= 0.3 is 5.56 Å². The fraction of sp³-hybridized carbons (Fsp3) is 0.167. The molecular formula is C6H8N4O2S. The number of aryl methyl sites for hydroxylation is 1. The van der Waals surface area contributed by atoms with Gasteiger partial charge in [-0.25, -0.2) is 10.8 Å². The van der Waals surface area contributed by atoms with E-state index >= 15 is 0 Å². The van der Waals surface area contributed by atoms with Crippen LogP contribution >= 0.6 is 12.2 Å². The van der Waals surface area contributed by atoms with Crippen LogP contribution in [-0.2, 0) is 7.05 Å². The number of nitrogens with two attached hydrogens (primary N) is 1. The number of aromatic nitrogens is 2. The van der Waals surface area contributed by atoms with E-state index < -0.39 is 0 Å². The molecule has 70 valence electrons.